The number of benzene rings is 1. The summed E-state index contributed by atoms with van der Waals surface area (Å²) in [6, 6.07) is 7.78. The molecule has 2 atom stereocenters. The van der Waals surface area contributed by atoms with E-state index in [1.54, 1.807) is 4.90 Å². The van der Waals surface area contributed by atoms with Crippen molar-refractivity contribution in [2.75, 3.05) is 6.54 Å². The predicted octanol–water partition coefficient (Wildman–Crippen LogP) is 1.06. The Hall–Kier alpha value is -2.04. The Morgan fingerprint density at radius 1 is 1.42 bits per heavy atom. The van der Waals surface area contributed by atoms with E-state index in [1.807, 2.05) is 18.2 Å². The molecule has 1 fully saturated rings. The van der Waals surface area contributed by atoms with Crippen LogP contribution in [0.15, 0.2) is 29.4 Å². The highest BCUT2D eigenvalue weighted by Crippen LogP contribution is 2.37. The molecule has 2 unspecified atom stereocenters. The smallest absolute Gasteiger partial charge is 0.231 e. The Morgan fingerprint density at radius 3 is 2.95 bits per heavy atom. The molecule has 1 saturated heterocycles. The SMILES string of the molecule is NC(=NO)C1CCCN1C(=O)C1Cc2ccccc21. The van der Waals surface area contributed by atoms with Crippen LogP contribution in [0.2, 0.25) is 0 Å². The molecule has 1 aromatic carbocycles. The Labute approximate surface area is 111 Å². The first-order valence-corrected chi connectivity index (χ1v) is 6.58. The second kappa shape index (κ2) is 4.57. The molecule has 5 heteroatoms. The molecule has 1 aromatic rings. The third-order valence-electron chi connectivity index (χ3n) is 4.15. The number of carbonyl (C=O) groups is 1. The van der Waals surface area contributed by atoms with Crippen molar-refractivity contribution in [1.29, 1.82) is 0 Å². The highest BCUT2D eigenvalue weighted by molar-refractivity contribution is 5.94. The average molecular weight is 259 g/mol. The molecule has 3 N–H and O–H groups in total. The molecule has 0 aromatic heterocycles. The second-order valence-electron chi connectivity index (χ2n) is 5.17. The van der Waals surface area contributed by atoms with Crippen molar-refractivity contribution in [2.24, 2.45) is 10.9 Å². The zero-order valence-corrected chi connectivity index (χ0v) is 10.6. The molecule has 2 aliphatic rings. The third kappa shape index (κ3) is 1.85. The van der Waals surface area contributed by atoms with E-state index in [4.69, 9.17) is 10.9 Å². The summed E-state index contributed by atoms with van der Waals surface area (Å²) in [4.78, 5) is 14.3. The number of amides is 1. The molecule has 0 bridgehead atoms. The van der Waals surface area contributed by atoms with Crippen LogP contribution in [-0.2, 0) is 11.2 Å². The number of fused-ring (bicyclic) bond motifs is 1. The maximum absolute atomic E-state index is 12.6. The minimum Gasteiger partial charge on any atom is -0.409 e. The largest absolute Gasteiger partial charge is 0.409 e. The van der Waals surface area contributed by atoms with Gasteiger partial charge in [-0.3, -0.25) is 4.79 Å². The Kier molecular flexibility index (Phi) is 2.89. The van der Waals surface area contributed by atoms with Gasteiger partial charge in [-0.25, -0.2) is 0 Å². The summed E-state index contributed by atoms with van der Waals surface area (Å²) in [5.74, 6) is 0.189. The van der Waals surface area contributed by atoms with Gasteiger partial charge >= 0.3 is 0 Å². The molecule has 5 nitrogen and oxygen atoms in total. The van der Waals surface area contributed by atoms with E-state index in [9.17, 15) is 4.79 Å². The highest BCUT2D eigenvalue weighted by Gasteiger charge is 2.39. The lowest BCUT2D eigenvalue weighted by Gasteiger charge is -2.34. The number of oxime groups is 1. The standard InChI is InChI=1S/C14H17N3O2/c15-13(16-19)12-6-3-7-17(12)14(18)11-8-9-4-1-2-5-10(9)11/h1-2,4-5,11-12,19H,3,6-8H2,(H2,15,16). The summed E-state index contributed by atoms with van der Waals surface area (Å²) in [6.45, 7) is 0.693. The summed E-state index contributed by atoms with van der Waals surface area (Å²) < 4.78 is 0. The van der Waals surface area contributed by atoms with Gasteiger partial charge in [0.05, 0.1) is 12.0 Å². The Morgan fingerprint density at radius 2 is 2.21 bits per heavy atom. The van der Waals surface area contributed by atoms with E-state index in [0.29, 0.717) is 6.54 Å². The zero-order valence-electron chi connectivity index (χ0n) is 10.6. The fourth-order valence-corrected chi connectivity index (χ4v) is 3.08. The van der Waals surface area contributed by atoms with E-state index >= 15 is 0 Å². The number of hydrogen-bond acceptors (Lipinski definition) is 3. The van der Waals surface area contributed by atoms with Crippen molar-refractivity contribution in [3.05, 3.63) is 35.4 Å². The van der Waals surface area contributed by atoms with E-state index in [-0.39, 0.29) is 23.7 Å². The van der Waals surface area contributed by atoms with E-state index in [2.05, 4.69) is 11.2 Å². The van der Waals surface area contributed by atoms with Gasteiger partial charge in [0.15, 0.2) is 5.84 Å². The predicted molar refractivity (Wildman–Crippen MR) is 71.0 cm³/mol. The van der Waals surface area contributed by atoms with Crippen LogP contribution in [0.25, 0.3) is 0 Å². The van der Waals surface area contributed by atoms with Crippen LogP contribution >= 0.6 is 0 Å². The van der Waals surface area contributed by atoms with Gasteiger partial charge in [-0.05, 0) is 30.4 Å². The second-order valence-corrected chi connectivity index (χ2v) is 5.17. The van der Waals surface area contributed by atoms with E-state index < -0.39 is 0 Å². The average Bonchev–Trinajstić information content (AvgIpc) is 2.88. The normalized spacial score (nSPS) is 25.9. The summed E-state index contributed by atoms with van der Waals surface area (Å²) >= 11 is 0. The summed E-state index contributed by atoms with van der Waals surface area (Å²) in [5.41, 5.74) is 8.04. The van der Waals surface area contributed by atoms with Gasteiger partial charge in [0.1, 0.15) is 0 Å². The lowest BCUT2D eigenvalue weighted by Crippen LogP contribution is -2.47. The molecule has 0 spiro atoms. The molecule has 100 valence electrons. The number of nitrogens with two attached hydrogens (primary N) is 1. The lowest BCUT2D eigenvalue weighted by atomic mass is 9.77. The van der Waals surface area contributed by atoms with Gasteiger partial charge in [-0.15, -0.1) is 0 Å². The van der Waals surface area contributed by atoms with E-state index in [1.165, 1.54) is 5.56 Å². The van der Waals surface area contributed by atoms with Gasteiger partial charge in [-0.1, -0.05) is 29.4 Å². The summed E-state index contributed by atoms with van der Waals surface area (Å²) in [5, 5.41) is 11.8. The van der Waals surface area contributed by atoms with Crippen molar-refractivity contribution >= 4 is 11.7 Å². The van der Waals surface area contributed by atoms with Gasteiger partial charge in [0.2, 0.25) is 5.91 Å². The van der Waals surface area contributed by atoms with Gasteiger partial charge in [0, 0.05) is 6.54 Å². The van der Waals surface area contributed by atoms with Crippen molar-refractivity contribution in [2.45, 2.75) is 31.2 Å². The van der Waals surface area contributed by atoms with Crippen molar-refractivity contribution in [3.63, 3.8) is 0 Å². The van der Waals surface area contributed by atoms with Crippen molar-refractivity contribution in [3.8, 4) is 0 Å². The Balaban J connectivity index is 1.79. The number of rotatable bonds is 2. The number of hydrogen-bond donors (Lipinski definition) is 2. The van der Waals surface area contributed by atoms with Crippen LogP contribution in [0.4, 0.5) is 0 Å². The van der Waals surface area contributed by atoms with Crippen LogP contribution in [0.1, 0.15) is 29.9 Å². The fourth-order valence-electron chi connectivity index (χ4n) is 3.08. The zero-order chi connectivity index (χ0) is 13.4. The topological polar surface area (TPSA) is 78.9 Å². The van der Waals surface area contributed by atoms with E-state index in [0.717, 1.165) is 24.8 Å². The summed E-state index contributed by atoms with van der Waals surface area (Å²) in [7, 11) is 0. The number of likely N-dealkylation sites (tertiary alicyclic amines) is 1. The maximum atomic E-state index is 12.6. The van der Waals surface area contributed by atoms with Gasteiger partial charge < -0.3 is 15.8 Å². The molecule has 0 saturated carbocycles. The quantitative estimate of drug-likeness (QED) is 0.361. The van der Waals surface area contributed by atoms with Crippen LogP contribution in [0.3, 0.4) is 0 Å². The third-order valence-corrected chi connectivity index (χ3v) is 4.15. The van der Waals surface area contributed by atoms with Crippen molar-refractivity contribution < 1.29 is 10.0 Å². The van der Waals surface area contributed by atoms with Gasteiger partial charge in [0.25, 0.3) is 0 Å². The van der Waals surface area contributed by atoms with Crippen LogP contribution in [0, 0.1) is 0 Å². The number of nitrogens with zero attached hydrogens (tertiary/aromatic N) is 2. The van der Waals surface area contributed by atoms with Gasteiger partial charge in [-0.2, -0.15) is 0 Å². The molecule has 1 amide bonds. The molecule has 0 radical (unpaired) electrons. The van der Waals surface area contributed by atoms with Crippen molar-refractivity contribution in [1.82, 2.24) is 4.90 Å². The van der Waals surface area contributed by atoms with Crippen LogP contribution in [-0.4, -0.2) is 34.4 Å². The molecular formula is C14H17N3O2. The number of carbonyl (C=O) groups excluding carboxylic acids is 1. The van der Waals surface area contributed by atoms with Crippen LogP contribution in [0.5, 0.6) is 0 Å². The lowest BCUT2D eigenvalue weighted by molar-refractivity contribution is -0.133. The first kappa shape index (κ1) is 12.0. The minimum absolute atomic E-state index is 0.0525. The monoisotopic (exact) mass is 259 g/mol. The Bertz CT molecular complexity index is 541. The molecule has 3 rings (SSSR count). The molecule has 1 aliphatic carbocycles. The first-order valence-electron chi connectivity index (χ1n) is 6.58. The minimum atomic E-state index is -0.245. The first-order chi connectivity index (χ1) is 9.22. The highest BCUT2D eigenvalue weighted by atomic mass is 16.4. The molecular weight excluding hydrogens is 242 g/mol. The number of amidine groups is 1. The summed E-state index contributed by atoms with van der Waals surface area (Å²) in [6.07, 6.45) is 2.48. The fraction of sp³-hybridized carbons (Fsp3) is 0.429. The maximum Gasteiger partial charge on any atom is 0.231 e. The molecule has 1 aliphatic heterocycles. The molecule has 1 heterocycles. The van der Waals surface area contributed by atoms with Crippen LogP contribution < -0.4 is 5.73 Å². The molecule has 19 heavy (non-hydrogen) atoms.